The molecule has 0 saturated carbocycles. The minimum Gasteiger partial charge on any atom is -0.330 e. The van der Waals surface area contributed by atoms with Crippen LogP contribution in [0.5, 0.6) is 0 Å². The summed E-state index contributed by atoms with van der Waals surface area (Å²) in [4.78, 5) is 14.7. The molecule has 2 rings (SSSR count). The Morgan fingerprint density at radius 3 is 2.65 bits per heavy atom. The van der Waals surface area contributed by atoms with E-state index in [1.54, 1.807) is 25.1 Å². The molecule has 0 fully saturated rings. The van der Waals surface area contributed by atoms with Gasteiger partial charge in [0.1, 0.15) is 11.5 Å². The Kier molecular flexibility index (Phi) is 5.24. The fourth-order valence-electron chi connectivity index (χ4n) is 2.12. The number of rotatable bonds is 6. The minimum atomic E-state index is -3.54. The predicted octanol–water partition coefficient (Wildman–Crippen LogP) is -0.527. The standard InChI is InChI=1S/C14H19N5O3S/c1-9-3-4-10(7-12(9)23(21,22)16-2)8-13-17-14(20)11(5-6-15)18-19-13/h3-4,7,16H,5-6,8,15H2,1-2H3,(H,17,19,20). The van der Waals surface area contributed by atoms with E-state index in [2.05, 4.69) is 19.9 Å². The second-order valence-electron chi connectivity index (χ2n) is 5.07. The predicted molar refractivity (Wildman–Crippen MR) is 85.6 cm³/mol. The van der Waals surface area contributed by atoms with Crippen molar-refractivity contribution in [1.29, 1.82) is 0 Å². The molecule has 124 valence electrons. The lowest BCUT2D eigenvalue weighted by molar-refractivity contribution is 0.587. The molecule has 1 heterocycles. The third-order valence-electron chi connectivity index (χ3n) is 3.37. The van der Waals surface area contributed by atoms with E-state index in [4.69, 9.17) is 5.73 Å². The number of benzene rings is 1. The third kappa shape index (κ3) is 4.01. The van der Waals surface area contributed by atoms with Gasteiger partial charge in [-0.25, -0.2) is 13.1 Å². The van der Waals surface area contributed by atoms with Gasteiger partial charge in [-0.15, -0.1) is 10.2 Å². The van der Waals surface area contributed by atoms with Crippen LogP contribution >= 0.6 is 0 Å². The van der Waals surface area contributed by atoms with Crippen LogP contribution in [0.4, 0.5) is 0 Å². The molecule has 9 heteroatoms. The van der Waals surface area contributed by atoms with Crippen molar-refractivity contribution in [3.05, 3.63) is 51.2 Å². The average molecular weight is 337 g/mol. The molecule has 0 atom stereocenters. The zero-order chi connectivity index (χ0) is 17.0. The highest BCUT2D eigenvalue weighted by Crippen LogP contribution is 2.17. The van der Waals surface area contributed by atoms with Gasteiger partial charge in [0.25, 0.3) is 5.56 Å². The molecule has 0 amide bonds. The molecule has 8 nitrogen and oxygen atoms in total. The summed E-state index contributed by atoms with van der Waals surface area (Å²) in [5.74, 6) is 0.368. The smallest absolute Gasteiger partial charge is 0.272 e. The molecule has 1 aromatic carbocycles. The van der Waals surface area contributed by atoms with E-state index in [9.17, 15) is 13.2 Å². The average Bonchev–Trinajstić information content (AvgIpc) is 2.52. The van der Waals surface area contributed by atoms with E-state index >= 15 is 0 Å². The first-order valence-corrected chi connectivity index (χ1v) is 8.53. The number of nitrogens with one attached hydrogen (secondary N) is 2. The Labute approximate surface area is 134 Å². The maximum Gasteiger partial charge on any atom is 0.272 e. The lowest BCUT2D eigenvalue weighted by Crippen LogP contribution is -2.22. The zero-order valence-electron chi connectivity index (χ0n) is 13.0. The summed E-state index contributed by atoms with van der Waals surface area (Å²) < 4.78 is 26.3. The zero-order valence-corrected chi connectivity index (χ0v) is 13.8. The normalized spacial score (nSPS) is 11.6. The summed E-state index contributed by atoms with van der Waals surface area (Å²) in [6.45, 7) is 2.04. The van der Waals surface area contributed by atoms with Crippen molar-refractivity contribution in [3.8, 4) is 0 Å². The van der Waals surface area contributed by atoms with Gasteiger partial charge < -0.3 is 10.7 Å². The number of aryl methyl sites for hydroxylation is 1. The van der Waals surface area contributed by atoms with E-state index in [0.29, 0.717) is 35.6 Å². The molecule has 0 saturated heterocycles. The summed E-state index contributed by atoms with van der Waals surface area (Å²) in [5.41, 5.74) is 6.71. The van der Waals surface area contributed by atoms with E-state index in [0.717, 1.165) is 0 Å². The van der Waals surface area contributed by atoms with Crippen molar-refractivity contribution in [2.24, 2.45) is 5.73 Å². The molecule has 2 aromatic rings. The van der Waals surface area contributed by atoms with E-state index in [1.165, 1.54) is 7.05 Å². The number of nitrogens with zero attached hydrogens (tertiary/aromatic N) is 2. The van der Waals surface area contributed by atoms with E-state index in [1.807, 2.05) is 0 Å². The van der Waals surface area contributed by atoms with Gasteiger partial charge in [0.15, 0.2) is 0 Å². The van der Waals surface area contributed by atoms with Gasteiger partial charge >= 0.3 is 0 Å². The molecule has 1 aromatic heterocycles. The monoisotopic (exact) mass is 337 g/mol. The lowest BCUT2D eigenvalue weighted by Gasteiger charge is -2.09. The molecular formula is C14H19N5O3S. The van der Waals surface area contributed by atoms with Crippen LogP contribution in [0.2, 0.25) is 0 Å². The highest BCUT2D eigenvalue weighted by molar-refractivity contribution is 7.89. The van der Waals surface area contributed by atoms with Crippen molar-refractivity contribution in [2.45, 2.75) is 24.7 Å². The van der Waals surface area contributed by atoms with Crippen LogP contribution in [-0.4, -0.2) is 37.2 Å². The van der Waals surface area contributed by atoms with Gasteiger partial charge in [0, 0.05) is 12.8 Å². The van der Waals surface area contributed by atoms with Gasteiger partial charge in [0.05, 0.1) is 4.90 Å². The van der Waals surface area contributed by atoms with Crippen molar-refractivity contribution in [2.75, 3.05) is 13.6 Å². The number of H-pyrrole nitrogens is 1. The first-order valence-electron chi connectivity index (χ1n) is 7.05. The maximum absolute atomic E-state index is 12.0. The van der Waals surface area contributed by atoms with Crippen LogP contribution in [0.15, 0.2) is 27.9 Å². The Hall–Kier alpha value is -2.10. The van der Waals surface area contributed by atoms with Gasteiger partial charge in [-0.2, -0.15) is 0 Å². The molecule has 0 bridgehead atoms. The Morgan fingerprint density at radius 2 is 2.04 bits per heavy atom. The number of hydrogen-bond donors (Lipinski definition) is 3. The second-order valence-corrected chi connectivity index (χ2v) is 6.93. The van der Waals surface area contributed by atoms with Crippen LogP contribution < -0.4 is 16.0 Å². The van der Waals surface area contributed by atoms with E-state index < -0.39 is 10.0 Å². The summed E-state index contributed by atoms with van der Waals surface area (Å²) in [7, 11) is -2.18. The third-order valence-corrected chi connectivity index (χ3v) is 4.93. The van der Waals surface area contributed by atoms with Crippen molar-refractivity contribution < 1.29 is 8.42 Å². The maximum atomic E-state index is 12.0. The van der Waals surface area contributed by atoms with Crippen LogP contribution in [0.3, 0.4) is 0 Å². The summed E-state index contributed by atoms with van der Waals surface area (Å²) in [6.07, 6.45) is 0.634. The molecule has 23 heavy (non-hydrogen) atoms. The minimum absolute atomic E-state index is 0.201. The molecule has 0 spiro atoms. The van der Waals surface area contributed by atoms with Gasteiger partial charge in [-0.05, 0) is 37.7 Å². The number of hydrogen-bond acceptors (Lipinski definition) is 6. The quantitative estimate of drug-likeness (QED) is 0.650. The number of aromatic nitrogens is 3. The van der Waals surface area contributed by atoms with Crippen LogP contribution in [0.1, 0.15) is 22.6 Å². The van der Waals surface area contributed by atoms with Gasteiger partial charge in [0.2, 0.25) is 10.0 Å². The molecule has 0 aliphatic rings. The van der Waals surface area contributed by atoms with Crippen molar-refractivity contribution >= 4 is 10.0 Å². The molecule has 0 aliphatic carbocycles. The Morgan fingerprint density at radius 1 is 1.30 bits per heavy atom. The highest BCUT2D eigenvalue weighted by atomic mass is 32.2. The first kappa shape index (κ1) is 17.3. The molecule has 0 aliphatic heterocycles. The van der Waals surface area contributed by atoms with Crippen molar-refractivity contribution in [3.63, 3.8) is 0 Å². The molecule has 0 radical (unpaired) electrons. The topological polar surface area (TPSA) is 131 Å². The van der Waals surface area contributed by atoms with Crippen LogP contribution in [0, 0.1) is 6.92 Å². The van der Waals surface area contributed by atoms with Gasteiger partial charge in [-0.1, -0.05) is 12.1 Å². The van der Waals surface area contributed by atoms with Crippen LogP contribution in [-0.2, 0) is 22.9 Å². The van der Waals surface area contributed by atoms with Crippen LogP contribution in [0.25, 0.3) is 0 Å². The lowest BCUT2D eigenvalue weighted by atomic mass is 10.1. The summed E-state index contributed by atoms with van der Waals surface area (Å²) >= 11 is 0. The largest absolute Gasteiger partial charge is 0.330 e. The summed E-state index contributed by atoms with van der Waals surface area (Å²) in [6, 6.07) is 5.07. The summed E-state index contributed by atoms with van der Waals surface area (Å²) in [5, 5.41) is 7.83. The number of nitrogens with two attached hydrogens (primary N) is 1. The SMILES string of the molecule is CNS(=O)(=O)c1cc(Cc2nnc(CCN)c(=O)[nH]2)ccc1C. The Bertz CT molecular complexity index is 861. The number of aromatic amines is 1. The Balaban J connectivity index is 2.33. The van der Waals surface area contributed by atoms with E-state index in [-0.39, 0.29) is 16.9 Å². The number of sulfonamides is 1. The fourth-order valence-corrected chi connectivity index (χ4v) is 3.14. The first-order chi connectivity index (χ1) is 10.9. The molecular weight excluding hydrogens is 318 g/mol. The molecule has 4 N–H and O–H groups in total. The highest BCUT2D eigenvalue weighted by Gasteiger charge is 2.15. The second kappa shape index (κ2) is 6.99. The van der Waals surface area contributed by atoms with Gasteiger partial charge in [-0.3, -0.25) is 4.79 Å². The molecule has 0 unspecified atom stereocenters. The fraction of sp³-hybridized carbons (Fsp3) is 0.357. The van der Waals surface area contributed by atoms with Crippen molar-refractivity contribution in [1.82, 2.24) is 19.9 Å².